The second kappa shape index (κ2) is 4.48. The molecule has 3 rings (SSSR count). The Bertz CT molecular complexity index is 565. The second-order valence-electron chi connectivity index (χ2n) is 4.11. The van der Waals surface area contributed by atoms with Crippen LogP contribution in [0.2, 0.25) is 0 Å². The number of aryl methyl sites for hydroxylation is 1. The van der Waals surface area contributed by atoms with E-state index in [-0.39, 0.29) is 6.10 Å². The largest absolute Gasteiger partial charge is 0.376 e. The Morgan fingerprint density at radius 1 is 1.56 bits per heavy atom. The van der Waals surface area contributed by atoms with Gasteiger partial charge >= 0.3 is 0 Å². The van der Waals surface area contributed by atoms with E-state index >= 15 is 0 Å². The van der Waals surface area contributed by atoms with Gasteiger partial charge in [0.1, 0.15) is 12.7 Å². The van der Waals surface area contributed by atoms with Crippen molar-refractivity contribution in [1.29, 1.82) is 0 Å². The Kier molecular flexibility index (Phi) is 2.82. The standard InChI is InChI=1S/C10H14N6O2/c1-16-10-7(2-12-16)9(15-11)13-8(14-10)5-18-6-3-17-4-6/h2,6H,3-5,11H2,1H3,(H,13,14,15). The van der Waals surface area contributed by atoms with Gasteiger partial charge in [-0.25, -0.2) is 15.8 Å². The average molecular weight is 250 g/mol. The highest BCUT2D eigenvalue weighted by Gasteiger charge is 2.20. The van der Waals surface area contributed by atoms with Gasteiger partial charge in [0.05, 0.1) is 24.8 Å². The first-order valence-corrected chi connectivity index (χ1v) is 5.62. The fourth-order valence-corrected chi connectivity index (χ4v) is 1.74. The first kappa shape index (κ1) is 11.3. The molecule has 1 aliphatic heterocycles. The van der Waals surface area contributed by atoms with Crippen LogP contribution in [0.15, 0.2) is 6.20 Å². The van der Waals surface area contributed by atoms with Gasteiger partial charge < -0.3 is 14.9 Å². The van der Waals surface area contributed by atoms with Gasteiger partial charge in [0, 0.05) is 7.05 Å². The number of anilines is 1. The van der Waals surface area contributed by atoms with Gasteiger partial charge in [-0.15, -0.1) is 0 Å². The Labute approximate surface area is 103 Å². The minimum Gasteiger partial charge on any atom is -0.376 e. The first-order chi connectivity index (χ1) is 8.78. The molecule has 2 aromatic rings. The van der Waals surface area contributed by atoms with Crippen LogP contribution in [-0.2, 0) is 23.1 Å². The monoisotopic (exact) mass is 250 g/mol. The van der Waals surface area contributed by atoms with Crippen molar-refractivity contribution in [2.45, 2.75) is 12.7 Å². The molecular weight excluding hydrogens is 236 g/mol. The topological polar surface area (TPSA) is 100 Å². The summed E-state index contributed by atoms with van der Waals surface area (Å²) in [5.74, 6) is 6.58. The molecule has 1 fully saturated rings. The SMILES string of the molecule is Cn1ncc2c(NN)nc(COC3COC3)nc21. The molecule has 1 aliphatic rings. The maximum Gasteiger partial charge on any atom is 0.163 e. The van der Waals surface area contributed by atoms with E-state index in [0.717, 1.165) is 11.0 Å². The molecule has 3 heterocycles. The highest BCUT2D eigenvalue weighted by molar-refractivity contribution is 5.86. The molecule has 0 bridgehead atoms. The summed E-state index contributed by atoms with van der Waals surface area (Å²) in [5.41, 5.74) is 3.28. The minimum atomic E-state index is 0.144. The van der Waals surface area contributed by atoms with Crippen molar-refractivity contribution in [2.24, 2.45) is 12.9 Å². The van der Waals surface area contributed by atoms with Crippen molar-refractivity contribution in [3.8, 4) is 0 Å². The molecule has 0 unspecified atom stereocenters. The molecule has 2 aromatic heterocycles. The van der Waals surface area contributed by atoms with Gasteiger partial charge in [0.2, 0.25) is 0 Å². The summed E-state index contributed by atoms with van der Waals surface area (Å²) in [5, 5.41) is 4.91. The van der Waals surface area contributed by atoms with Crippen LogP contribution in [0.4, 0.5) is 5.82 Å². The quantitative estimate of drug-likeness (QED) is 0.560. The lowest BCUT2D eigenvalue weighted by molar-refractivity contribution is -0.136. The maximum atomic E-state index is 5.58. The van der Waals surface area contributed by atoms with E-state index in [1.807, 2.05) is 7.05 Å². The molecule has 8 heteroatoms. The van der Waals surface area contributed by atoms with Crippen molar-refractivity contribution in [2.75, 3.05) is 18.6 Å². The van der Waals surface area contributed by atoms with Crippen molar-refractivity contribution in [3.63, 3.8) is 0 Å². The number of hydrogen-bond acceptors (Lipinski definition) is 7. The van der Waals surface area contributed by atoms with E-state index < -0.39 is 0 Å². The maximum absolute atomic E-state index is 5.58. The zero-order valence-electron chi connectivity index (χ0n) is 9.96. The number of ether oxygens (including phenoxy) is 2. The predicted octanol–water partition coefficient (Wildman–Crippen LogP) is -0.436. The summed E-state index contributed by atoms with van der Waals surface area (Å²) in [6.07, 6.45) is 1.82. The summed E-state index contributed by atoms with van der Waals surface area (Å²) >= 11 is 0. The fraction of sp³-hybridized carbons (Fsp3) is 0.500. The summed E-state index contributed by atoms with van der Waals surface area (Å²) in [6, 6.07) is 0. The first-order valence-electron chi connectivity index (χ1n) is 5.62. The number of fused-ring (bicyclic) bond motifs is 1. The molecule has 3 N–H and O–H groups in total. The van der Waals surface area contributed by atoms with Gasteiger partial charge in [-0.2, -0.15) is 5.10 Å². The third-order valence-electron chi connectivity index (χ3n) is 2.83. The molecule has 0 amide bonds. The molecule has 96 valence electrons. The highest BCUT2D eigenvalue weighted by Crippen LogP contribution is 2.19. The lowest BCUT2D eigenvalue weighted by Gasteiger charge is -2.25. The minimum absolute atomic E-state index is 0.144. The number of nitrogens with one attached hydrogen (secondary N) is 1. The molecule has 0 aromatic carbocycles. The third kappa shape index (κ3) is 1.90. The number of rotatable bonds is 4. The number of nitrogen functional groups attached to an aromatic ring is 1. The van der Waals surface area contributed by atoms with Crippen molar-refractivity contribution >= 4 is 16.9 Å². The van der Waals surface area contributed by atoms with Crippen LogP contribution in [0.1, 0.15) is 5.82 Å². The Hall–Kier alpha value is -1.77. The Morgan fingerprint density at radius 3 is 3.06 bits per heavy atom. The molecule has 0 spiro atoms. The smallest absolute Gasteiger partial charge is 0.163 e. The van der Waals surface area contributed by atoms with Crippen LogP contribution < -0.4 is 11.3 Å². The van der Waals surface area contributed by atoms with Gasteiger partial charge in [-0.1, -0.05) is 0 Å². The van der Waals surface area contributed by atoms with Gasteiger partial charge in [0.15, 0.2) is 17.3 Å². The molecule has 1 saturated heterocycles. The van der Waals surface area contributed by atoms with Gasteiger partial charge in [-0.05, 0) is 0 Å². The van der Waals surface area contributed by atoms with Crippen LogP contribution >= 0.6 is 0 Å². The number of nitrogens with two attached hydrogens (primary N) is 1. The molecule has 0 aliphatic carbocycles. The molecular formula is C10H14N6O2. The van der Waals surface area contributed by atoms with Crippen LogP contribution in [0.3, 0.4) is 0 Å². The third-order valence-corrected chi connectivity index (χ3v) is 2.83. The number of aromatic nitrogens is 4. The summed E-state index contributed by atoms with van der Waals surface area (Å²) < 4.78 is 12.3. The lowest BCUT2D eigenvalue weighted by Crippen LogP contribution is -2.36. The van der Waals surface area contributed by atoms with Crippen LogP contribution in [0.5, 0.6) is 0 Å². The zero-order chi connectivity index (χ0) is 12.5. The van der Waals surface area contributed by atoms with Gasteiger partial charge in [0.25, 0.3) is 0 Å². The second-order valence-corrected chi connectivity index (χ2v) is 4.11. The van der Waals surface area contributed by atoms with E-state index in [2.05, 4.69) is 20.5 Å². The van der Waals surface area contributed by atoms with E-state index in [9.17, 15) is 0 Å². The van der Waals surface area contributed by atoms with Crippen LogP contribution in [0, 0.1) is 0 Å². The molecule has 8 nitrogen and oxygen atoms in total. The number of hydrazine groups is 1. The number of nitrogens with zero attached hydrogens (tertiary/aromatic N) is 4. The summed E-state index contributed by atoms with van der Waals surface area (Å²) in [7, 11) is 1.82. The normalized spacial score (nSPS) is 15.9. The molecule has 0 atom stereocenters. The van der Waals surface area contributed by atoms with E-state index in [1.165, 1.54) is 0 Å². The fourth-order valence-electron chi connectivity index (χ4n) is 1.74. The summed E-state index contributed by atoms with van der Waals surface area (Å²) in [4.78, 5) is 8.70. The van der Waals surface area contributed by atoms with E-state index in [4.69, 9.17) is 15.3 Å². The van der Waals surface area contributed by atoms with Crippen molar-refractivity contribution in [1.82, 2.24) is 19.7 Å². The number of hydrogen-bond donors (Lipinski definition) is 2. The predicted molar refractivity (Wildman–Crippen MR) is 63.5 cm³/mol. The Morgan fingerprint density at radius 2 is 2.39 bits per heavy atom. The van der Waals surface area contributed by atoms with Crippen molar-refractivity contribution in [3.05, 3.63) is 12.0 Å². The van der Waals surface area contributed by atoms with Crippen LogP contribution in [0.25, 0.3) is 11.0 Å². The van der Waals surface area contributed by atoms with Crippen LogP contribution in [-0.4, -0.2) is 39.1 Å². The van der Waals surface area contributed by atoms with Gasteiger partial charge in [-0.3, -0.25) is 4.68 Å². The molecule has 18 heavy (non-hydrogen) atoms. The van der Waals surface area contributed by atoms with E-state index in [0.29, 0.717) is 31.5 Å². The Balaban J connectivity index is 1.88. The van der Waals surface area contributed by atoms with Crippen molar-refractivity contribution < 1.29 is 9.47 Å². The highest BCUT2D eigenvalue weighted by atomic mass is 16.6. The summed E-state index contributed by atoms with van der Waals surface area (Å²) in [6.45, 7) is 1.61. The van der Waals surface area contributed by atoms with E-state index in [1.54, 1.807) is 10.9 Å². The molecule has 0 radical (unpaired) electrons. The molecule has 0 saturated carbocycles. The lowest BCUT2D eigenvalue weighted by atomic mass is 10.3. The zero-order valence-corrected chi connectivity index (χ0v) is 9.96. The average Bonchev–Trinajstić information content (AvgIpc) is 2.69.